The Kier molecular flexibility index (Phi) is 6.92. The summed E-state index contributed by atoms with van der Waals surface area (Å²) in [4.78, 5) is 28.9. The molecule has 1 aromatic carbocycles. The van der Waals surface area contributed by atoms with Gasteiger partial charge in [-0.25, -0.2) is 9.37 Å². The summed E-state index contributed by atoms with van der Waals surface area (Å²) >= 11 is 5.84. The molecule has 1 amide bonds. The van der Waals surface area contributed by atoms with Crippen LogP contribution in [-0.2, 0) is 9.53 Å². The van der Waals surface area contributed by atoms with E-state index >= 15 is 0 Å². The van der Waals surface area contributed by atoms with Gasteiger partial charge in [-0.05, 0) is 26.0 Å². The molecule has 3 rings (SSSR count). The number of Topliss-reactive ketones (excluding diaryl/α,β-unsaturated/α-hetero) is 1. The van der Waals surface area contributed by atoms with Gasteiger partial charge in [0.1, 0.15) is 11.3 Å². The van der Waals surface area contributed by atoms with Crippen molar-refractivity contribution in [2.24, 2.45) is 5.92 Å². The molecule has 2 heterocycles. The van der Waals surface area contributed by atoms with Crippen molar-refractivity contribution in [1.29, 1.82) is 0 Å². The zero-order valence-corrected chi connectivity index (χ0v) is 19.1. The number of pyridine rings is 1. The molecule has 1 saturated heterocycles. The fourth-order valence-corrected chi connectivity index (χ4v) is 4.22. The van der Waals surface area contributed by atoms with E-state index in [0.717, 1.165) is 38.4 Å². The summed E-state index contributed by atoms with van der Waals surface area (Å²) < 4.78 is 80.4. The van der Waals surface area contributed by atoms with E-state index in [0.29, 0.717) is 0 Å². The number of nitrogens with zero attached hydrogens (tertiary/aromatic N) is 1. The quantitative estimate of drug-likeness (QED) is 0.338. The van der Waals surface area contributed by atoms with Gasteiger partial charge >= 0.3 is 6.18 Å². The molecular weight excluding hydrogens is 487 g/mol. The summed E-state index contributed by atoms with van der Waals surface area (Å²) in [6.07, 6.45) is -5.61. The van der Waals surface area contributed by atoms with Crippen LogP contribution >= 0.6 is 11.6 Å². The zero-order valence-electron chi connectivity index (χ0n) is 18.4. The highest BCUT2D eigenvalue weighted by Gasteiger charge is 2.66. The number of hydrogen-bond acceptors (Lipinski definition) is 5. The number of ketones is 1. The number of amides is 1. The molecule has 0 spiro atoms. The number of hydrogen-bond donors (Lipinski definition) is 1. The van der Waals surface area contributed by atoms with Crippen LogP contribution in [0.4, 0.5) is 27.6 Å². The van der Waals surface area contributed by atoms with Gasteiger partial charge in [0.25, 0.3) is 5.91 Å². The standard InChI is InChI=1S/C22H20ClF5N2O4/c1-9-16(11-5-6-13(24)17(25)18(11)33-4)19(34-21(9,3)22(26,27)28)20(32)30-14-7-15(23)29-8-12(14)10(2)31/h5-9,16,19H,1-4H3,(H,29,30,32)/t9-,16-,19+,21+/m0/s1. The van der Waals surface area contributed by atoms with Gasteiger partial charge in [-0.1, -0.05) is 24.6 Å². The molecule has 0 unspecified atom stereocenters. The van der Waals surface area contributed by atoms with Crippen molar-refractivity contribution in [3.8, 4) is 5.75 Å². The lowest BCUT2D eigenvalue weighted by Crippen LogP contribution is -2.47. The number of carbonyl (C=O) groups is 2. The average molecular weight is 507 g/mol. The van der Waals surface area contributed by atoms with Crippen LogP contribution in [0.15, 0.2) is 24.4 Å². The lowest BCUT2D eigenvalue weighted by atomic mass is 9.77. The Bertz CT molecular complexity index is 1140. The van der Waals surface area contributed by atoms with E-state index in [2.05, 4.69) is 10.3 Å². The van der Waals surface area contributed by atoms with Crippen LogP contribution in [-0.4, -0.2) is 41.7 Å². The summed E-state index contributed by atoms with van der Waals surface area (Å²) in [6, 6.07) is 2.94. The van der Waals surface area contributed by atoms with E-state index < -0.39 is 58.8 Å². The smallest absolute Gasteiger partial charge is 0.417 e. The Labute approximate surface area is 196 Å². The number of halogens is 6. The maximum atomic E-state index is 14.4. The number of carbonyl (C=O) groups excluding carboxylic acids is 2. The van der Waals surface area contributed by atoms with Crippen LogP contribution in [0.2, 0.25) is 5.15 Å². The first-order valence-electron chi connectivity index (χ1n) is 9.96. The third-order valence-corrected chi connectivity index (χ3v) is 6.28. The van der Waals surface area contributed by atoms with Gasteiger partial charge in [0.05, 0.1) is 18.4 Å². The minimum absolute atomic E-state index is 0.0377. The Balaban J connectivity index is 2.13. The number of benzene rings is 1. The summed E-state index contributed by atoms with van der Waals surface area (Å²) in [5.41, 5.74) is -3.12. The van der Waals surface area contributed by atoms with Crippen molar-refractivity contribution >= 4 is 29.0 Å². The van der Waals surface area contributed by atoms with Crippen molar-refractivity contribution in [1.82, 2.24) is 4.98 Å². The van der Waals surface area contributed by atoms with Crippen LogP contribution in [0.25, 0.3) is 0 Å². The third kappa shape index (κ3) is 4.34. The molecule has 1 aromatic heterocycles. The summed E-state index contributed by atoms with van der Waals surface area (Å²) in [5.74, 6) is -7.68. The molecular formula is C22H20ClF5N2O4. The second-order valence-corrected chi connectivity index (χ2v) is 8.43. The molecule has 1 aliphatic heterocycles. The van der Waals surface area contributed by atoms with E-state index in [-0.39, 0.29) is 22.0 Å². The number of methoxy groups -OCH3 is 1. The van der Waals surface area contributed by atoms with Gasteiger partial charge in [-0.15, -0.1) is 0 Å². The minimum atomic E-state index is -4.91. The monoisotopic (exact) mass is 506 g/mol. The van der Waals surface area contributed by atoms with E-state index in [1.165, 1.54) is 13.8 Å². The molecule has 184 valence electrons. The first-order valence-corrected chi connectivity index (χ1v) is 10.3. The van der Waals surface area contributed by atoms with Crippen LogP contribution in [0.5, 0.6) is 5.75 Å². The van der Waals surface area contributed by atoms with E-state index in [4.69, 9.17) is 21.1 Å². The van der Waals surface area contributed by atoms with Crippen LogP contribution in [0, 0.1) is 17.6 Å². The second-order valence-electron chi connectivity index (χ2n) is 8.04. The highest BCUT2D eigenvalue weighted by Crippen LogP contribution is 2.55. The van der Waals surface area contributed by atoms with Crippen molar-refractivity contribution in [2.45, 2.75) is 44.6 Å². The molecule has 0 saturated carbocycles. The van der Waals surface area contributed by atoms with Crippen LogP contribution in [0.3, 0.4) is 0 Å². The molecule has 12 heteroatoms. The van der Waals surface area contributed by atoms with Crippen LogP contribution < -0.4 is 10.1 Å². The predicted octanol–water partition coefficient (Wildman–Crippen LogP) is 5.30. The number of ether oxygens (including phenoxy) is 2. The number of anilines is 1. The number of alkyl halides is 3. The number of nitrogens with one attached hydrogen (secondary N) is 1. The molecule has 0 bridgehead atoms. The molecule has 34 heavy (non-hydrogen) atoms. The summed E-state index contributed by atoms with van der Waals surface area (Å²) in [5, 5.41) is 2.28. The van der Waals surface area contributed by atoms with Crippen LogP contribution in [0.1, 0.15) is 42.6 Å². The maximum absolute atomic E-state index is 14.4. The fraction of sp³-hybridized carbons (Fsp3) is 0.409. The molecule has 2 aromatic rings. The topological polar surface area (TPSA) is 77.5 Å². The van der Waals surface area contributed by atoms with Gasteiger partial charge in [-0.2, -0.15) is 17.6 Å². The molecule has 0 aliphatic carbocycles. The molecule has 1 fully saturated rings. The van der Waals surface area contributed by atoms with E-state index in [9.17, 15) is 31.5 Å². The Hall–Kier alpha value is -2.79. The second kappa shape index (κ2) is 9.10. The summed E-state index contributed by atoms with van der Waals surface area (Å²) in [6.45, 7) is 3.16. The first kappa shape index (κ1) is 25.8. The minimum Gasteiger partial charge on any atom is -0.493 e. The van der Waals surface area contributed by atoms with Gasteiger partial charge in [0.15, 0.2) is 23.0 Å². The number of rotatable bonds is 5. The molecule has 1 N–H and O–H groups in total. The van der Waals surface area contributed by atoms with Crippen molar-refractivity contribution in [2.75, 3.05) is 12.4 Å². The molecule has 1 aliphatic rings. The lowest BCUT2D eigenvalue weighted by molar-refractivity contribution is -0.272. The Morgan fingerprint density at radius 1 is 1.26 bits per heavy atom. The van der Waals surface area contributed by atoms with Gasteiger partial charge in [0, 0.05) is 23.6 Å². The molecule has 6 nitrogen and oxygen atoms in total. The first-order chi connectivity index (χ1) is 15.7. The highest BCUT2D eigenvalue weighted by atomic mass is 35.5. The SMILES string of the molecule is COc1c([C@H]2[C@H](C(=O)Nc3cc(Cl)ncc3C(C)=O)O[C@@](C)(C(F)(F)F)[C@H]2C)ccc(F)c1F. The Morgan fingerprint density at radius 3 is 2.47 bits per heavy atom. The Morgan fingerprint density at radius 2 is 1.91 bits per heavy atom. The van der Waals surface area contributed by atoms with Crippen molar-refractivity contribution in [3.63, 3.8) is 0 Å². The third-order valence-electron chi connectivity index (χ3n) is 6.08. The largest absolute Gasteiger partial charge is 0.493 e. The van der Waals surface area contributed by atoms with Gasteiger partial charge < -0.3 is 14.8 Å². The lowest BCUT2D eigenvalue weighted by Gasteiger charge is -2.32. The normalized spacial score (nSPS) is 24.7. The summed E-state index contributed by atoms with van der Waals surface area (Å²) in [7, 11) is 1.03. The maximum Gasteiger partial charge on any atom is 0.417 e. The highest BCUT2D eigenvalue weighted by molar-refractivity contribution is 6.30. The zero-order chi connectivity index (χ0) is 25.6. The van der Waals surface area contributed by atoms with E-state index in [1.54, 1.807) is 0 Å². The predicted molar refractivity (Wildman–Crippen MR) is 112 cm³/mol. The van der Waals surface area contributed by atoms with Crippen molar-refractivity contribution < 1.29 is 41.0 Å². The van der Waals surface area contributed by atoms with E-state index in [1.807, 2.05) is 0 Å². The average Bonchev–Trinajstić information content (AvgIpc) is 3.02. The number of aromatic nitrogens is 1. The molecule has 0 radical (unpaired) electrons. The van der Waals surface area contributed by atoms with Crippen molar-refractivity contribution in [3.05, 3.63) is 52.3 Å². The molecule has 4 atom stereocenters. The fourth-order valence-electron chi connectivity index (χ4n) is 4.06. The van der Waals surface area contributed by atoms with Gasteiger partial charge in [-0.3, -0.25) is 9.59 Å². The van der Waals surface area contributed by atoms with Gasteiger partial charge in [0.2, 0.25) is 5.82 Å².